The minimum absolute atomic E-state index is 0.238. The van der Waals surface area contributed by atoms with E-state index in [0.29, 0.717) is 34.5 Å². The zero-order valence-corrected chi connectivity index (χ0v) is 20.1. The van der Waals surface area contributed by atoms with Crippen LogP contribution in [0, 0.1) is 0 Å². The van der Waals surface area contributed by atoms with Gasteiger partial charge in [-0.25, -0.2) is 14.6 Å². The van der Waals surface area contributed by atoms with Gasteiger partial charge in [0.15, 0.2) is 17.6 Å². The molecular formula is C26H21ClN6O4. The molecule has 1 unspecified atom stereocenters. The maximum Gasteiger partial charge on any atom is 0.296 e. The summed E-state index contributed by atoms with van der Waals surface area (Å²) in [4.78, 5) is 16.8. The van der Waals surface area contributed by atoms with Crippen LogP contribution in [0.1, 0.15) is 0 Å². The number of benzene rings is 1. The second-order valence-electron chi connectivity index (χ2n) is 8.98. The number of imidazole rings is 1. The number of aliphatic hydroxyl groups excluding tert-OH is 1. The molecule has 4 atom stereocenters. The molecule has 0 amide bonds. The van der Waals surface area contributed by atoms with Crippen molar-refractivity contribution in [3.8, 4) is 34.2 Å². The third-order valence-electron chi connectivity index (χ3n) is 6.63. The zero-order valence-electron chi connectivity index (χ0n) is 19.4. The number of pyridine rings is 2. The summed E-state index contributed by atoms with van der Waals surface area (Å²) >= 11 is 6.59. The number of fused-ring (bicyclic) bond motifs is 2. The molecule has 1 aromatic carbocycles. The molecule has 2 N–H and O–H groups in total. The van der Waals surface area contributed by atoms with Crippen molar-refractivity contribution in [1.82, 2.24) is 29.7 Å². The Bertz CT molecular complexity index is 1560. The summed E-state index contributed by atoms with van der Waals surface area (Å²) < 4.78 is 18.9. The topological polar surface area (TPSA) is 120 Å². The third-order valence-corrected chi connectivity index (χ3v) is 6.92. The van der Waals surface area contributed by atoms with E-state index in [1.54, 1.807) is 16.9 Å². The van der Waals surface area contributed by atoms with Crippen molar-refractivity contribution in [2.75, 3.05) is 13.2 Å². The Balaban J connectivity index is 1.11. The Morgan fingerprint density at radius 3 is 2.59 bits per heavy atom. The molecule has 4 aromatic heterocycles. The molecule has 7 rings (SSSR count). The first kappa shape index (κ1) is 22.4. The fourth-order valence-electron chi connectivity index (χ4n) is 4.76. The smallest absolute Gasteiger partial charge is 0.296 e. The molecule has 186 valence electrons. The van der Waals surface area contributed by atoms with E-state index in [4.69, 9.17) is 25.8 Å². The van der Waals surface area contributed by atoms with E-state index in [2.05, 4.69) is 25.0 Å². The number of nitrogens with one attached hydrogen (secondary N) is 1. The highest BCUT2D eigenvalue weighted by Gasteiger charge is 2.48. The van der Waals surface area contributed by atoms with Crippen LogP contribution in [-0.4, -0.2) is 72.5 Å². The van der Waals surface area contributed by atoms with Crippen molar-refractivity contribution in [3.05, 3.63) is 72.1 Å². The number of aliphatic hydroxyl groups is 1. The molecule has 2 aliphatic heterocycles. The van der Waals surface area contributed by atoms with Gasteiger partial charge in [-0.15, -0.1) is 0 Å². The first-order chi connectivity index (χ1) is 18.1. The maximum absolute atomic E-state index is 9.94. The quantitative estimate of drug-likeness (QED) is 0.364. The van der Waals surface area contributed by atoms with E-state index in [0.717, 1.165) is 22.5 Å². The van der Waals surface area contributed by atoms with E-state index in [9.17, 15) is 5.11 Å². The van der Waals surface area contributed by atoms with Gasteiger partial charge in [-0.1, -0.05) is 35.9 Å². The first-order valence-electron chi connectivity index (χ1n) is 11.8. The predicted molar refractivity (Wildman–Crippen MR) is 135 cm³/mol. The molecule has 37 heavy (non-hydrogen) atoms. The number of ether oxygens (including phenoxy) is 3. The number of halogens is 1. The second kappa shape index (κ2) is 8.93. The summed E-state index contributed by atoms with van der Waals surface area (Å²) in [7, 11) is 0. The average Bonchev–Trinajstić information content (AvgIpc) is 3.71. The van der Waals surface area contributed by atoms with Gasteiger partial charge < -0.3 is 24.3 Å². The summed E-state index contributed by atoms with van der Waals surface area (Å²) in [6.07, 6.45) is 3.69. The second-order valence-corrected chi connectivity index (χ2v) is 9.39. The van der Waals surface area contributed by atoms with Gasteiger partial charge in [0.2, 0.25) is 0 Å². The fraction of sp³-hybridized carbons (Fsp3) is 0.231. The fourth-order valence-corrected chi connectivity index (χ4v) is 5.02. The van der Waals surface area contributed by atoms with Crippen LogP contribution in [0.5, 0.6) is 6.01 Å². The number of H-pyrrole nitrogens is 1. The number of nitrogens with zero attached hydrogens (tertiary/aromatic N) is 5. The molecule has 6 heterocycles. The number of hydrogen-bond donors (Lipinski definition) is 2. The lowest BCUT2D eigenvalue weighted by Gasteiger charge is -2.15. The Hall–Kier alpha value is -3.83. The van der Waals surface area contributed by atoms with Crippen molar-refractivity contribution in [1.29, 1.82) is 0 Å². The highest BCUT2D eigenvalue weighted by atomic mass is 35.5. The molecule has 11 heteroatoms. The van der Waals surface area contributed by atoms with Gasteiger partial charge in [0, 0.05) is 29.7 Å². The van der Waals surface area contributed by atoms with Crippen molar-refractivity contribution in [3.63, 3.8) is 0 Å². The Kier molecular flexibility index (Phi) is 5.40. The van der Waals surface area contributed by atoms with Gasteiger partial charge in [0.1, 0.15) is 18.3 Å². The molecular weight excluding hydrogens is 496 g/mol. The van der Waals surface area contributed by atoms with E-state index in [1.165, 1.54) is 0 Å². The molecule has 0 saturated carbocycles. The van der Waals surface area contributed by atoms with E-state index >= 15 is 0 Å². The van der Waals surface area contributed by atoms with Crippen molar-refractivity contribution in [2.45, 2.75) is 24.4 Å². The van der Waals surface area contributed by atoms with E-state index in [1.807, 2.05) is 54.9 Å². The van der Waals surface area contributed by atoms with Crippen LogP contribution < -0.4 is 4.74 Å². The van der Waals surface area contributed by atoms with Crippen LogP contribution in [0.15, 0.2) is 67.1 Å². The first-order valence-corrected chi connectivity index (χ1v) is 12.2. The minimum Gasteiger partial charge on any atom is -0.456 e. The van der Waals surface area contributed by atoms with Crippen molar-refractivity contribution in [2.24, 2.45) is 0 Å². The molecule has 0 bridgehead atoms. The average molecular weight is 517 g/mol. The predicted octanol–water partition coefficient (Wildman–Crippen LogP) is 3.43. The highest BCUT2D eigenvalue weighted by molar-refractivity contribution is 6.33. The van der Waals surface area contributed by atoms with Crippen LogP contribution in [0.25, 0.3) is 39.4 Å². The molecule has 10 nitrogen and oxygen atoms in total. The molecule has 0 aliphatic carbocycles. The van der Waals surface area contributed by atoms with Gasteiger partial charge in [-0.3, -0.25) is 0 Å². The SMILES string of the molecule is O[C@@H]1CO[C@H]2C1OC[C@H]2Oc1nc2nc(-c3ccc(-c4ccc(-n5cccn5)nc4)cc3)c(Cl)cc2[nH]1. The van der Waals surface area contributed by atoms with E-state index < -0.39 is 6.10 Å². The number of rotatable bonds is 5. The molecule has 0 radical (unpaired) electrons. The Labute approximate surface area is 215 Å². The van der Waals surface area contributed by atoms with Crippen LogP contribution in [0.3, 0.4) is 0 Å². The lowest BCUT2D eigenvalue weighted by molar-refractivity contribution is 0.00706. The molecule has 0 spiro atoms. The van der Waals surface area contributed by atoms with Gasteiger partial charge >= 0.3 is 0 Å². The number of aromatic nitrogens is 6. The van der Waals surface area contributed by atoms with Crippen LogP contribution in [0.2, 0.25) is 5.02 Å². The summed E-state index contributed by atoms with van der Waals surface area (Å²) in [5.41, 5.74) is 4.64. The van der Waals surface area contributed by atoms with Gasteiger partial charge in [0.25, 0.3) is 6.01 Å². The minimum atomic E-state index is -0.638. The van der Waals surface area contributed by atoms with Crippen molar-refractivity contribution >= 4 is 22.8 Å². The molecule has 2 aliphatic rings. The molecule has 2 saturated heterocycles. The monoisotopic (exact) mass is 516 g/mol. The number of aromatic amines is 1. The summed E-state index contributed by atoms with van der Waals surface area (Å²) in [6, 6.07) is 15.8. The Morgan fingerprint density at radius 2 is 1.81 bits per heavy atom. The highest BCUT2D eigenvalue weighted by Crippen LogP contribution is 2.33. The Morgan fingerprint density at radius 1 is 1.00 bits per heavy atom. The standard InChI is InChI=1S/C26H21ClN6O4/c27-17-10-18-25(32-26(30-18)37-20-13-36-23-19(34)12-35-24(20)23)31-22(17)15-4-2-14(3-5-15)16-6-7-21(28-11-16)33-9-1-8-29-33/h1-11,19-20,23-24,34H,12-13H2,(H,30,31,32)/t19-,20-,23?,24-/m1/s1. The van der Waals surface area contributed by atoms with Gasteiger partial charge in [-0.2, -0.15) is 10.1 Å². The lowest BCUT2D eigenvalue weighted by Crippen LogP contribution is -2.34. The van der Waals surface area contributed by atoms with Gasteiger partial charge in [-0.05, 0) is 29.8 Å². The van der Waals surface area contributed by atoms with Crippen LogP contribution in [0.4, 0.5) is 0 Å². The largest absolute Gasteiger partial charge is 0.456 e. The summed E-state index contributed by atoms with van der Waals surface area (Å²) in [5.74, 6) is 0.755. The third kappa shape index (κ3) is 4.04. The van der Waals surface area contributed by atoms with Crippen LogP contribution in [-0.2, 0) is 9.47 Å². The lowest BCUT2D eigenvalue weighted by atomic mass is 10.0. The maximum atomic E-state index is 9.94. The van der Waals surface area contributed by atoms with Crippen LogP contribution >= 0.6 is 11.6 Å². The van der Waals surface area contributed by atoms with E-state index in [-0.39, 0.29) is 24.9 Å². The molecule has 5 aromatic rings. The summed E-state index contributed by atoms with van der Waals surface area (Å²) in [5, 5.41) is 14.6. The zero-order chi connectivity index (χ0) is 24.9. The van der Waals surface area contributed by atoms with Gasteiger partial charge in [0.05, 0.1) is 29.4 Å². The summed E-state index contributed by atoms with van der Waals surface area (Å²) in [6.45, 7) is 0.554. The van der Waals surface area contributed by atoms with Crippen molar-refractivity contribution < 1.29 is 19.3 Å². The normalized spacial score (nSPS) is 23.0. The number of hydrogen-bond acceptors (Lipinski definition) is 8. The molecule has 2 fully saturated rings.